The fraction of sp³-hybridized carbons (Fsp3) is 0.333. The molecule has 0 N–H and O–H groups in total. The molecule has 104 valence electrons. The van der Waals surface area contributed by atoms with Gasteiger partial charge in [0.15, 0.2) is 0 Å². The molecule has 1 aliphatic rings. The fourth-order valence-corrected chi connectivity index (χ4v) is 3.25. The van der Waals surface area contributed by atoms with Crippen molar-refractivity contribution in [3.63, 3.8) is 0 Å². The molecule has 20 heavy (non-hydrogen) atoms. The smallest absolute Gasteiger partial charge is 0.268 e. The van der Waals surface area contributed by atoms with Crippen molar-refractivity contribution in [3.05, 3.63) is 39.7 Å². The number of anilines is 1. The van der Waals surface area contributed by atoms with Crippen LogP contribution in [-0.2, 0) is 0 Å². The number of aromatic nitrogens is 1. The van der Waals surface area contributed by atoms with E-state index in [0.29, 0.717) is 12.4 Å². The number of hydrogen-bond donors (Lipinski definition) is 0. The zero-order valence-electron chi connectivity index (χ0n) is 11.7. The zero-order chi connectivity index (χ0) is 14.3. The Balaban J connectivity index is 1.99. The Morgan fingerprint density at radius 3 is 3.00 bits per heavy atom. The molecule has 2 aromatic rings. The number of aryl methyl sites for hydroxylation is 2. The molecule has 5 heteroatoms. The number of pyridine rings is 1. The van der Waals surface area contributed by atoms with Gasteiger partial charge in [-0.1, -0.05) is 0 Å². The summed E-state index contributed by atoms with van der Waals surface area (Å²) in [6.45, 7) is 6.56. The molecular formula is C15H16N2O2S. The van der Waals surface area contributed by atoms with Crippen LogP contribution in [0.15, 0.2) is 24.4 Å². The average Bonchev–Trinajstić information content (AvgIpc) is 2.77. The minimum Gasteiger partial charge on any atom is -0.471 e. The van der Waals surface area contributed by atoms with E-state index in [2.05, 4.69) is 4.98 Å². The molecule has 0 saturated heterocycles. The van der Waals surface area contributed by atoms with Crippen LogP contribution in [0.25, 0.3) is 0 Å². The summed E-state index contributed by atoms with van der Waals surface area (Å²) >= 11 is 1.54. The molecule has 3 heterocycles. The number of amides is 1. The average molecular weight is 288 g/mol. The van der Waals surface area contributed by atoms with E-state index in [9.17, 15) is 4.79 Å². The molecule has 0 saturated carbocycles. The topological polar surface area (TPSA) is 42.4 Å². The van der Waals surface area contributed by atoms with Crippen LogP contribution in [0.4, 0.5) is 5.69 Å². The molecule has 0 fully saturated rings. The third-order valence-electron chi connectivity index (χ3n) is 3.42. The van der Waals surface area contributed by atoms with Gasteiger partial charge in [0.2, 0.25) is 5.88 Å². The van der Waals surface area contributed by atoms with Gasteiger partial charge in [0.25, 0.3) is 5.91 Å². The molecule has 1 aliphatic heterocycles. The molecule has 1 amide bonds. The molecule has 1 atom stereocenters. The predicted molar refractivity (Wildman–Crippen MR) is 79.8 cm³/mol. The summed E-state index contributed by atoms with van der Waals surface area (Å²) in [4.78, 5) is 20.6. The van der Waals surface area contributed by atoms with E-state index >= 15 is 0 Å². The number of ether oxygens (including phenoxy) is 1. The maximum Gasteiger partial charge on any atom is 0.268 e. The van der Waals surface area contributed by atoms with Gasteiger partial charge in [-0.05, 0) is 44.5 Å². The van der Waals surface area contributed by atoms with Crippen LogP contribution in [0.3, 0.4) is 0 Å². The Bertz CT molecular complexity index is 646. The number of fused-ring (bicyclic) bond motifs is 1. The van der Waals surface area contributed by atoms with Crippen LogP contribution >= 0.6 is 11.3 Å². The van der Waals surface area contributed by atoms with E-state index in [1.807, 2.05) is 39.0 Å². The molecule has 0 bridgehead atoms. The van der Waals surface area contributed by atoms with Crippen molar-refractivity contribution in [2.45, 2.75) is 26.9 Å². The molecule has 1 unspecified atom stereocenters. The highest BCUT2D eigenvalue weighted by Crippen LogP contribution is 2.33. The highest BCUT2D eigenvalue weighted by molar-refractivity contribution is 7.14. The standard InChI is InChI=1S/C15H16N2O2S/c1-9-7-13(20-11(9)3)15(18)17-8-10(2)19-14-12(17)5-4-6-16-14/h4-7,10H,8H2,1-3H3. The number of rotatable bonds is 1. The van der Waals surface area contributed by atoms with E-state index in [0.717, 1.165) is 16.1 Å². The minimum atomic E-state index is -0.0523. The predicted octanol–water partition coefficient (Wildman–Crippen LogP) is 3.19. The van der Waals surface area contributed by atoms with Gasteiger partial charge in [0.05, 0.1) is 11.4 Å². The van der Waals surface area contributed by atoms with E-state index in [1.54, 1.807) is 11.1 Å². The Hall–Kier alpha value is -1.88. The van der Waals surface area contributed by atoms with E-state index in [1.165, 1.54) is 16.2 Å². The van der Waals surface area contributed by atoms with Gasteiger partial charge in [-0.3, -0.25) is 9.69 Å². The first kappa shape index (κ1) is 13.1. The van der Waals surface area contributed by atoms with E-state index in [4.69, 9.17) is 4.74 Å². The van der Waals surface area contributed by atoms with Crippen molar-refractivity contribution in [1.29, 1.82) is 0 Å². The molecule has 0 spiro atoms. The molecule has 4 nitrogen and oxygen atoms in total. The van der Waals surface area contributed by atoms with Gasteiger partial charge in [-0.15, -0.1) is 11.3 Å². The van der Waals surface area contributed by atoms with Crippen molar-refractivity contribution in [3.8, 4) is 5.88 Å². The Morgan fingerprint density at radius 2 is 2.30 bits per heavy atom. The van der Waals surface area contributed by atoms with E-state index in [-0.39, 0.29) is 12.0 Å². The van der Waals surface area contributed by atoms with Crippen LogP contribution in [0.2, 0.25) is 0 Å². The maximum atomic E-state index is 12.7. The maximum absolute atomic E-state index is 12.7. The second-order valence-electron chi connectivity index (χ2n) is 5.02. The van der Waals surface area contributed by atoms with Crippen LogP contribution in [0.1, 0.15) is 27.0 Å². The second kappa shape index (κ2) is 4.90. The summed E-state index contributed by atoms with van der Waals surface area (Å²) in [5.74, 6) is 0.556. The summed E-state index contributed by atoms with van der Waals surface area (Å²) in [5, 5.41) is 0. The first-order valence-corrected chi connectivity index (χ1v) is 7.38. The number of nitrogens with zero attached hydrogens (tertiary/aromatic N) is 2. The van der Waals surface area contributed by atoms with Gasteiger partial charge < -0.3 is 4.74 Å². The van der Waals surface area contributed by atoms with Gasteiger partial charge in [-0.25, -0.2) is 4.98 Å². The normalized spacial score (nSPS) is 17.6. The quantitative estimate of drug-likeness (QED) is 0.809. The number of hydrogen-bond acceptors (Lipinski definition) is 4. The molecular weight excluding hydrogens is 272 g/mol. The first-order chi connectivity index (χ1) is 9.56. The van der Waals surface area contributed by atoms with E-state index < -0.39 is 0 Å². The second-order valence-corrected chi connectivity index (χ2v) is 6.28. The molecule has 3 rings (SSSR count). The minimum absolute atomic E-state index is 0.0237. The number of thiophene rings is 1. The molecule has 0 aliphatic carbocycles. The summed E-state index contributed by atoms with van der Waals surface area (Å²) in [6.07, 6.45) is 1.63. The number of carbonyl (C=O) groups is 1. The van der Waals surface area contributed by atoms with Crippen molar-refractivity contribution in [2.75, 3.05) is 11.4 Å². The van der Waals surface area contributed by atoms with Crippen LogP contribution in [-0.4, -0.2) is 23.5 Å². The SMILES string of the molecule is Cc1cc(C(=O)N2CC(C)Oc3ncccc32)sc1C. The molecule has 0 aromatic carbocycles. The lowest BCUT2D eigenvalue weighted by Gasteiger charge is -2.32. The summed E-state index contributed by atoms with van der Waals surface area (Å²) in [7, 11) is 0. The Labute approximate surface area is 122 Å². The van der Waals surface area contributed by atoms with Gasteiger partial charge in [0, 0.05) is 11.1 Å². The first-order valence-electron chi connectivity index (χ1n) is 6.57. The van der Waals surface area contributed by atoms with Crippen LogP contribution in [0, 0.1) is 13.8 Å². The van der Waals surface area contributed by atoms with Crippen molar-refractivity contribution in [1.82, 2.24) is 4.98 Å². The highest BCUT2D eigenvalue weighted by Gasteiger charge is 2.29. The van der Waals surface area contributed by atoms with Gasteiger partial charge in [-0.2, -0.15) is 0 Å². The lowest BCUT2D eigenvalue weighted by Crippen LogP contribution is -2.42. The fourth-order valence-electron chi connectivity index (χ4n) is 2.27. The third kappa shape index (κ3) is 2.18. The van der Waals surface area contributed by atoms with Crippen molar-refractivity contribution in [2.24, 2.45) is 0 Å². The van der Waals surface area contributed by atoms with Crippen LogP contribution in [0.5, 0.6) is 5.88 Å². The highest BCUT2D eigenvalue weighted by atomic mass is 32.1. The third-order valence-corrected chi connectivity index (χ3v) is 4.56. The van der Waals surface area contributed by atoms with Gasteiger partial charge in [0.1, 0.15) is 11.8 Å². The zero-order valence-corrected chi connectivity index (χ0v) is 12.5. The summed E-state index contributed by atoms with van der Waals surface area (Å²) in [6, 6.07) is 5.65. The lowest BCUT2D eigenvalue weighted by atomic mass is 10.2. The van der Waals surface area contributed by atoms with Crippen molar-refractivity contribution < 1.29 is 9.53 Å². The summed E-state index contributed by atoms with van der Waals surface area (Å²) < 4.78 is 5.68. The molecule has 0 radical (unpaired) electrons. The van der Waals surface area contributed by atoms with Crippen LogP contribution < -0.4 is 9.64 Å². The number of carbonyl (C=O) groups excluding carboxylic acids is 1. The largest absolute Gasteiger partial charge is 0.471 e. The lowest BCUT2D eigenvalue weighted by molar-refractivity contribution is 0.0962. The Morgan fingerprint density at radius 1 is 1.50 bits per heavy atom. The Kier molecular flexibility index (Phi) is 3.22. The summed E-state index contributed by atoms with van der Waals surface area (Å²) in [5.41, 5.74) is 1.91. The molecule has 2 aromatic heterocycles. The van der Waals surface area contributed by atoms with Crippen molar-refractivity contribution >= 4 is 22.9 Å². The van der Waals surface area contributed by atoms with Gasteiger partial charge >= 0.3 is 0 Å². The monoisotopic (exact) mass is 288 g/mol.